The highest BCUT2D eigenvalue weighted by Gasteiger charge is 2.09. The first-order valence-corrected chi connectivity index (χ1v) is 4.76. The fourth-order valence-corrected chi connectivity index (χ4v) is 1.53. The van der Waals surface area contributed by atoms with E-state index in [0.717, 1.165) is 4.47 Å². The van der Waals surface area contributed by atoms with Gasteiger partial charge in [0.1, 0.15) is 0 Å². The minimum absolute atomic E-state index is 0.215. The second kappa shape index (κ2) is 5.29. The summed E-state index contributed by atoms with van der Waals surface area (Å²) in [4.78, 5) is 4.64. The van der Waals surface area contributed by atoms with Crippen LogP contribution in [0.25, 0.3) is 0 Å². The lowest BCUT2D eigenvalue weighted by Crippen LogP contribution is -2.12. The van der Waals surface area contributed by atoms with Crippen LogP contribution in [0.4, 0.5) is 4.39 Å². The largest absolute Gasteiger partial charge is 0.494 e. The lowest BCUT2D eigenvalue weighted by Gasteiger charge is -2.08. The van der Waals surface area contributed by atoms with E-state index in [2.05, 4.69) is 26.2 Å². The Morgan fingerprint density at radius 1 is 1.43 bits per heavy atom. The molecule has 1 N–H and O–H groups in total. The summed E-state index contributed by atoms with van der Waals surface area (Å²) >= 11 is 3.26. The smallest absolute Gasteiger partial charge is 0.169 e. The third kappa shape index (κ3) is 2.67. The van der Waals surface area contributed by atoms with Gasteiger partial charge in [0.05, 0.1) is 14.2 Å². The maximum Gasteiger partial charge on any atom is 0.169 e. The quantitative estimate of drug-likeness (QED) is 0.846. The molecule has 0 aliphatic rings. The summed E-state index contributed by atoms with van der Waals surface area (Å²) in [6.45, 7) is 0.290. The Morgan fingerprint density at radius 2 is 2.14 bits per heavy atom. The molecule has 0 aliphatic heterocycles. The SMILES string of the molecule is CONCc1cc(Br)cc(OC)c1F. The van der Waals surface area contributed by atoms with Gasteiger partial charge in [-0.05, 0) is 12.1 Å². The Kier molecular flexibility index (Phi) is 4.31. The van der Waals surface area contributed by atoms with Gasteiger partial charge in [-0.3, -0.25) is 0 Å². The van der Waals surface area contributed by atoms with Crippen molar-refractivity contribution >= 4 is 15.9 Å². The topological polar surface area (TPSA) is 30.5 Å². The summed E-state index contributed by atoms with van der Waals surface area (Å²) in [5, 5.41) is 0. The highest BCUT2D eigenvalue weighted by Crippen LogP contribution is 2.25. The molecule has 0 spiro atoms. The van der Waals surface area contributed by atoms with Crippen LogP contribution < -0.4 is 10.2 Å². The maximum absolute atomic E-state index is 13.5. The summed E-state index contributed by atoms with van der Waals surface area (Å²) in [6, 6.07) is 3.25. The predicted octanol–water partition coefficient (Wildman–Crippen LogP) is 2.25. The van der Waals surface area contributed by atoms with Gasteiger partial charge in [0, 0.05) is 16.6 Å². The summed E-state index contributed by atoms with van der Waals surface area (Å²) < 4.78 is 19.2. The van der Waals surface area contributed by atoms with Crippen LogP contribution in [0.5, 0.6) is 5.75 Å². The molecule has 14 heavy (non-hydrogen) atoms. The molecular formula is C9H11BrFNO2. The average molecular weight is 264 g/mol. The molecule has 0 saturated carbocycles. The summed E-state index contributed by atoms with van der Waals surface area (Å²) in [6.07, 6.45) is 0. The molecule has 0 saturated heterocycles. The van der Waals surface area contributed by atoms with Crippen LogP contribution in [0.15, 0.2) is 16.6 Å². The van der Waals surface area contributed by atoms with Crippen LogP contribution in [-0.2, 0) is 11.4 Å². The standard InChI is InChI=1S/C9H11BrFNO2/c1-13-8-4-7(10)3-6(9(8)11)5-12-14-2/h3-4,12H,5H2,1-2H3. The zero-order valence-electron chi connectivity index (χ0n) is 7.93. The van der Waals surface area contributed by atoms with Gasteiger partial charge in [0.15, 0.2) is 11.6 Å². The predicted molar refractivity (Wildman–Crippen MR) is 54.5 cm³/mol. The zero-order chi connectivity index (χ0) is 10.6. The monoisotopic (exact) mass is 263 g/mol. The molecule has 0 aromatic heterocycles. The van der Waals surface area contributed by atoms with Crippen molar-refractivity contribution in [1.29, 1.82) is 0 Å². The van der Waals surface area contributed by atoms with Gasteiger partial charge in [-0.15, -0.1) is 0 Å². The van der Waals surface area contributed by atoms with Crippen molar-refractivity contribution in [2.45, 2.75) is 6.54 Å². The lowest BCUT2D eigenvalue weighted by molar-refractivity contribution is 0.0858. The van der Waals surface area contributed by atoms with Crippen LogP contribution in [0.1, 0.15) is 5.56 Å². The Balaban J connectivity index is 2.96. The molecule has 0 fully saturated rings. The molecule has 1 aromatic carbocycles. The summed E-state index contributed by atoms with van der Waals surface area (Å²) in [7, 11) is 2.91. The van der Waals surface area contributed by atoms with E-state index in [1.807, 2.05) is 0 Å². The number of benzene rings is 1. The lowest BCUT2D eigenvalue weighted by atomic mass is 10.2. The van der Waals surface area contributed by atoms with Gasteiger partial charge in [-0.25, -0.2) is 4.39 Å². The van der Waals surface area contributed by atoms with Gasteiger partial charge in [-0.1, -0.05) is 15.9 Å². The average Bonchev–Trinajstić information content (AvgIpc) is 2.18. The highest BCUT2D eigenvalue weighted by molar-refractivity contribution is 9.10. The van der Waals surface area contributed by atoms with E-state index in [9.17, 15) is 4.39 Å². The molecule has 0 bridgehead atoms. The van der Waals surface area contributed by atoms with Crippen molar-refractivity contribution in [3.63, 3.8) is 0 Å². The number of rotatable bonds is 4. The molecular weight excluding hydrogens is 253 g/mol. The zero-order valence-corrected chi connectivity index (χ0v) is 9.52. The molecule has 0 unspecified atom stereocenters. The number of ether oxygens (including phenoxy) is 1. The summed E-state index contributed by atoms with van der Waals surface area (Å²) in [5.41, 5.74) is 3.05. The number of nitrogens with one attached hydrogen (secondary N) is 1. The Labute approximate surface area is 90.3 Å². The number of hydrogen-bond acceptors (Lipinski definition) is 3. The molecule has 0 aliphatic carbocycles. The number of hydrogen-bond donors (Lipinski definition) is 1. The van der Waals surface area contributed by atoms with E-state index < -0.39 is 0 Å². The number of halogens is 2. The third-order valence-electron chi connectivity index (χ3n) is 1.71. The maximum atomic E-state index is 13.5. The van der Waals surface area contributed by atoms with E-state index in [0.29, 0.717) is 5.56 Å². The van der Waals surface area contributed by atoms with Crippen LogP contribution >= 0.6 is 15.9 Å². The molecule has 0 amide bonds. The Bertz CT molecular complexity index is 320. The van der Waals surface area contributed by atoms with Crippen LogP contribution in [0, 0.1) is 5.82 Å². The fraction of sp³-hybridized carbons (Fsp3) is 0.333. The van der Waals surface area contributed by atoms with Crippen molar-refractivity contribution in [2.75, 3.05) is 14.2 Å². The molecule has 1 rings (SSSR count). The Hall–Kier alpha value is -0.650. The van der Waals surface area contributed by atoms with Crippen molar-refractivity contribution in [3.05, 3.63) is 28.0 Å². The van der Waals surface area contributed by atoms with Crippen molar-refractivity contribution in [2.24, 2.45) is 0 Å². The molecule has 0 atom stereocenters. The van der Waals surface area contributed by atoms with Crippen LogP contribution in [0.2, 0.25) is 0 Å². The van der Waals surface area contributed by atoms with Gasteiger partial charge in [0.2, 0.25) is 0 Å². The van der Waals surface area contributed by atoms with Crippen molar-refractivity contribution in [3.8, 4) is 5.75 Å². The second-order valence-electron chi connectivity index (χ2n) is 2.61. The number of methoxy groups -OCH3 is 1. The van der Waals surface area contributed by atoms with E-state index in [-0.39, 0.29) is 18.1 Å². The second-order valence-corrected chi connectivity index (χ2v) is 3.52. The van der Waals surface area contributed by atoms with Gasteiger partial charge < -0.3 is 9.57 Å². The van der Waals surface area contributed by atoms with E-state index in [1.54, 1.807) is 12.1 Å². The molecule has 0 radical (unpaired) electrons. The molecule has 0 heterocycles. The van der Waals surface area contributed by atoms with Crippen molar-refractivity contribution in [1.82, 2.24) is 5.48 Å². The van der Waals surface area contributed by atoms with E-state index in [4.69, 9.17) is 4.74 Å². The summed E-state index contributed by atoms with van der Waals surface area (Å²) in [5.74, 6) is -0.160. The van der Waals surface area contributed by atoms with E-state index >= 15 is 0 Å². The van der Waals surface area contributed by atoms with Gasteiger partial charge in [-0.2, -0.15) is 5.48 Å². The fourth-order valence-electron chi connectivity index (χ4n) is 1.05. The molecule has 5 heteroatoms. The minimum Gasteiger partial charge on any atom is -0.494 e. The minimum atomic E-state index is -0.375. The van der Waals surface area contributed by atoms with Crippen LogP contribution in [0.3, 0.4) is 0 Å². The van der Waals surface area contributed by atoms with Crippen LogP contribution in [-0.4, -0.2) is 14.2 Å². The van der Waals surface area contributed by atoms with Crippen molar-refractivity contribution < 1.29 is 14.0 Å². The normalized spacial score (nSPS) is 10.3. The first-order valence-electron chi connectivity index (χ1n) is 3.96. The number of hydroxylamine groups is 1. The molecule has 1 aromatic rings. The first kappa shape index (κ1) is 11.4. The highest BCUT2D eigenvalue weighted by atomic mass is 79.9. The molecule has 3 nitrogen and oxygen atoms in total. The Morgan fingerprint density at radius 3 is 2.71 bits per heavy atom. The third-order valence-corrected chi connectivity index (χ3v) is 2.16. The first-order chi connectivity index (χ1) is 6.69. The van der Waals surface area contributed by atoms with E-state index in [1.165, 1.54) is 14.2 Å². The molecule has 78 valence electrons. The van der Waals surface area contributed by atoms with Gasteiger partial charge in [0.25, 0.3) is 0 Å². The van der Waals surface area contributed by atoms with Gasteiger partial charge >= 0.3 is 0 Å².